The monoisotopic (exact) mass is 579 g/mol. The van der Waals surface area contributed by atoms with E-state index >= 15 is 0 Å². The van der Waals surface area contributed by atoms with Gasteiger partial charge in [-0.15, -0.1) is 11.8 Å². The predicted octanol–water partition coefficient (Wildman–Crippen LogP) is 6.84. The van der Waals surface area contributed by atoms with Crippen molar-refractivity contribution in [1.29, 1.82) is 0 Å². The molecule has 0 unspecified atom stereocenters. The van der Waals surface area contributed by atoms with Gasteiger partial charge in [0.1, 0.15) is 11.4 Å². The number of ether oxygens (including phenoxy) is 1. The molecular formula is C34H33N3O4S. The van der Waals surface area contributed by atoms with Crippen LogP contribution < -0.4 is 20.7 Å². The standard InChI is InChI=1S/C34H33N3O4S/c1-4-41-31-16-9-8-13-26(31)20-30(37-33(39)25-11-6-5-7-12-25)34(40)35-27-14-10-15-28(21-27)42-22-32(38)36-29-19-23(2)17-18-24(29)3/h5-21H,4,22H2,1-3H3,(H,35,40)(H,36,38)(H,37,39)/b30-20+. The second-order valence-electron chi connectivity index (χ2n) is 9.49. The van der Waals surface area contributed by atoms with Crippen molar-refractivity contribution in [3.63, 3.8) is 0 Å². The average molecular weight is 580 g/mol. The van der Waals surface area contributed by atoms with E-state index in [4.69, 9.17) is 4.74 Å². The van der Waals surface area contributed by atoms with Crippen LogP contribution in [0, 0.1) is 13.8 Å². The predicted molar refractivity (Wildman–Crippen MR) is 170 cm³/mol. The van der Waals surface area contributed by atoms with Gasteiger partial charge in [0.15, 0.2) is 0 Å². The number of para-hydroxylation sites is 1. The van der Waals surface area contributed by atoms with Gasteiger partial charge >= 0.3 is 0 Å². The van der Waals surface area contributed by atoms with Crippen LogP contribution >= 0.6 is 11.8 Å². The van der Waals surface area contributed by atoms with Crippen molar-refractivity contribution < 1.29 is 19.1 Å². The molecule has 3 N–H and O–H groups in total. The molecule has 8 heteroatoms. The Balaban J connectivity index is 1.49. The van der Waals surface area contributed by atoms with Gasteiger partial charge in [0.2, 0.25) is 5.91 Å². The summed E-state index contributed by atoms with van der Waals surface area (Å²) in [5, 5.41) is 8.59. The molecule has 0 aliphatic rings. The number of hydrogen-bond donors (Lipinski definition) is 3. The second-order valence-corrected chi connectivity index (χ2v) is 10.5. The summed E-state index contributed by atoms with van der Waals surface area (Å²) in [6.07, 6.45) is 1.59. The third-order valence-electron chi connectivity index (χ3n) is 6.18. The normalized spacial score (nSPS) is 11.0. The summed E-state index contributed by atoms with van der Waals surface area (Å²) in [5.74, 6) is -0.232. The fourth-order valence-electron chi connectivity index (χ4n) is 4.05. The van der Waals surface area contributed by atoms with Gasteiger partial charge in [0, 0.05) is 27.4 Å². The first-order valence-corrected chi connectivity index (χ1v) is 14.5. The van der Waals surface area contributed by atoms with Gasteiger partial charge in [-0.05, 0) is 80.4 Å². The Labute approximate surface area is 250 Å². The fourth-order valence-corrected chi connectivity index (χ4v) is 4.81. The number of carbonyl (C=O) groups excluding carboxylic acids is 3. The maximum Gasteiger partial charge on any atom is 0.272 e. The zero-order valence-corrected chi connectivity index (χ0v) is 24.6. The van der Waals surface area contributed by atoms with E-state index in [1.54, 1.807) is 54.6 Å². The molecule has 0 saturated heterocycles. The summed E-state index contributed by atoms with van der Waals surface area (Å²) >= 11 is 1.36. The highest BCUT2D eigenvalue weighted by molar-refractivity contribution is 8.00. The first-order chi connectivity index (χ1) is 20.3. The lowest BCUT2D eigenvalue weighted by molar-refractivity contribution is -0.114. The van der Waals surface area contributed by atoms with Gasteiger partial charge in [-0.2, -0.15) is 0 Å². The number of thioether (sulfide) groups is 1. The van der Waals surface area contributed by atoms with Crippen LogP contribution in [0.2, 0.25) is 0 Å². The van der Waals surface area contributed by atoms with Crippen LogP contribution in [0.3, 0.4) is 0 Å². The van der Waals surface area contributed by atoms with Crippen LogP contribution in [0.15, 0.2) is 108 Å². The number of benzene rings is 4. The third kappa shape index (κ3) is 8.59. The van der Waals surface area contributed by atoms with E-state index < -0.39 is 11.8 Å². The van der Waals surface area contributed by atoms with Gasteiger partial charge in [-0.25, -0.2) is 0 Å². The molecule has 0 aliphatic heterocycles. The Morgan fingerprint density at radius 2 is 1.60 bits per heavy atom. The maximum atomic E-state index is 13.5. The molecule has 0 fully saturated rings. The Hall–Kier alpha value is -4.82. The van der Waals surface area contributed by atoms with Crippen LogP contribution in [0.1, 0.15) is 34.0 Å². The smallest absolute Gasteiger partial charge is 0.272 e. The minimum Gasteiger partial charge on any atom is -0.493 e. The molecule has 0 bridgehead atoms. The highest BCUT2D eigenvalue weighted by atomic mass is 32.2. The first kappa shape index (κ1) is 30.1. The average Bonchev–Trinajstić information content (AvgIpc) is 2.99. The molecule has 0 aliphatic carbocycles. The van der Waals surface area contributed by atoms with Crippen LogP contribution in [0.5, 0.6) is 5.75 Å². The summed E-state index contributed by atoms with van der Waals surface area (Å²) in [6.45, 7) is 6.27. The summed E-state index contributed by atoms with van der Waals surface area (Å²) in [5.41, 5.74) is 4.52. The summed E-state index contributed by atoms with van der Waals surface area (Å²) < 4.78 is 5.71. The molecule has 0 radical (unpaired) electrons. The van der Waals surface area contributed by atoms with E-state index in [0.29, 0.717) is 29.2 Å². The molecule has 3 amide bonds. The minimum atomic E-state index is -0.500. The van der Waals surface area contributed by atoms with Gasteiger partial charge in [-0.1, -0.05) is 54.6 Å². The molecule has 4 rings (SSSR count). The molecule has 0 heterocycles. The summed E-state index contributed by atoms with van der Waals surface area (Å²) in [7, 11) is 0. The van der Waals surface area contributed by atoms with Crippen LogP contribution in [0.25, 0.3) is 6.08 Å². The van der Waals surface area contributed by atoms with Crippen molar-refractivity contribution in [3.05, 3.63) is 125 Å². The number of amides is 3. The van der Waals surface area contributed by atoms with Crippen molar-refractivity contribution in [2.45, 2.75) is 25.7 Å². The fraction of sp³-hybridized carbons (Fsp3) is 0.147. The molecule has 4 aromatic rings. The number of hydrogen-bond acceptors (Lipinski definition) is 5. The van der Waals surface area contributed by atoms with Gasteiger partial charge in [0.25, 0.3) is 11.8 Å². The highest BCUT2D eigenvalue weighted by Gasteiger charge is 2.16. The van der Waals surface area contributed by atoms with Gasteiger partial charge in [-0.3, -0.25) is 14.4 Å². The Bertz CT molecular complexity index is 1600. The molecule has 0 spiro atoms. The minimum absolute atomic E-state index is 0.0574. The Morgan fingerprint density at radius 3 is 2.38 bits per heavy atom. The van der Waals surface area contributed by atoms with E-state index in [1.165, 1.54) is 11.8 Å². The summed E-state index contributed by atoms with van der Waals surface area (Å²) in [6, 6.07) is 29.1. The van der Waals surface area contributed by atoms with E-state index in [0.717, 1.165) is 21.7 Å². The zero-order chi connectivity index (χ0) is 29.9. The van der Waals surface area contributed by atoms with Gasteiger partial charge < -0.3 is 20.7 Å². The van der Waals surface area contributed by atoms with E-state index in [-0.39, 0.29) is 17.4 Å². The number of anilines is 2. The number of aryl methyl sites for hydroxylation is 2. The van der Waals surface area contributed by atoms with Crippen molar-refractivity contribution >= 4 is 46.9 Å². The second kappa shape index (κ2) is 14.7. The Morgan fingerprint density at radius 1 is 0.833 bits per heavy atom. The molecule has 7 nitrogen and oxygen atoms in total. The van der Waals surface area contributed by atoms with Crippen molar-refractivity contribution in [3.8, 4) is 5.75 Å². The third-order valence-corrected chi connectivity index (χ3v) is 7.17. The van der Waals surface area contributed by atoms with Gasteiger partial charge in [0.05, 0.1) is 12.4 Å². The lowest BCUT2D eigenvalue weighted by Gasteiger charge is -2.13. The van der Waals surface area contributed by atoms with Crippen LogP contribution in [-0.4, -0.2) is 30.1 Å². The molecular weight excluding hydrogens is 546 g/mol. The van der Waals surface area contributed by atoms with Crippen molar-refractivity contribution in [2.24, 2.45) is 0 Å². The van der Waals surface area contributed by atoms with E-state index in [1.807, 2.05) is 69.3 Å². The van der Waals surface area contributed by atoms with Crippen LogP contribution in [0.4, 0.5) is 11.4 Å². The molecule has 42 heavy (non-hydrogen) atoms. The number of rotatable bonds is 11. The maximum absolute atomic E-state index is 13.5. The summed E-state index contributed by atoms with van der Waals surface area (Å²) in [4.78, 5) is 39.9. The van der Waals surface area contributed by atoms with E-state index in [9.17, 15) is 14.4 Å². The number of nitrogens with one attached hydrogen (secondary N) is 3. The van der Waals surface area contributed by atoms with Crippen molar-refractivity contribution in [2.75, 3.05) is 23.0 Å². The quantitative estimate of drug-likeness (QED) is 0.134. The molecule has 0 aromatic heterocycles. The lowest BCUT2D eigenvalue weighted by atomic mass is 10.1. The Kier molecular flexibility index (Phi) is 10.6. The molecule has 0 saturated carbocycles. The molecule has 0 atom stereocenters. The van der Waals surface area contributed by atoms with E-state index in [2.05, 4.69) is 16.0 Å². The zero-order valence-electron chi connectivity index (χ0n) is 23.8. The van der Waals surface area contributed by atoms with Crippen molar-refractivity contribution in [1.82, 2.24) is 5.32 Å². The molecule has 214 valence electrons. The first-order valence-electron chi connectivity index (χ1n) is 13.5. The van der Waals surface area contributed by atoms with Crippen LogP contribution in [-0.2, 0) is 9.59 Å². The topological polar surface area (TPSA) is 96.5 Å². The SMILES string of the molecule is CCOc1ccccc1/C=C(/NC(=O)c1ccccc1)C(=O)Nc1cccc(SCC(=O)Nc2cc(C)ccc2C)c1. The largest absolute Gasteiger partial charge is 0.493 e. The lowest BCUT2D eigenvalue weighted by Crippen LogP contribution is -2.30. The highest BCUT2D eigenvalue weighted by Crippen LogP contribution is 2.24. The molecule has 4 aromatic carbocycles. The number of carbonyl (C=O) groups is 3.